The van der Waals surface area contributed by atoms with Crippen molar-refractivity contribution in [2.45, 2.75) is 31.4 Å². The number of phenolic OH excluding ortho intramolecular Hbond substituents is 1. The first-order valence-corrected chi connectivity index (χ1v) is 13.6. The Hall–Kier alpha value is -4.21. The molecule has 0 bridgehead atoms. The van der Waals surface area contributed by atoms with Crippen molar-refractivity contribution < 1.29 is 34.2 Å². The molecule has 5 atom stereocenters. The predicted molar refractivity (Wildman–Crippen MR) is 149 cm³/mol. The van der Waals surface area contributed by atoms with Crippen molar-refractivity contribution >= 4 is 39.8 Å². The lowest BCUT2D eigenvalue weighted by Crippen LogP contribution is -2.68. The van der Waals surface area contributed by atoms with Gasteiger partial charge in [0, 0.05) is 18.9 Å². The topological polar surface area (TPSA) is 155 Å². The van der Waals surface area contributed by atoms with Gasteiger partial charge >= 0.3 is 0 Å². The Morgan fingerprint density at radius 1 is 0.951 bits per heavy atom. The number of hydrogen-bond acceptors (Lipinski definition) is 8. The molecule has 0 heterocycles. The number of aliphatic hydroxyl groups is 1. The third-order valence-corrected chi connectivity index (χ3v) is 9.08. The SMILES string of the molecule is CN(C)Cc1ccc(-c2ccc(O)c3c2C[C@H]2C[C@H]4CC(=O)C(C(N)=O)C(=O)[C@@]4(O)C(=O)C2C3=O)c2ccccc12. The number of Topliss-reactive ketones (excluding diaryl/α,β-unsaturated/α-hetero) is 4. The summed E-state index contributed by atoms with van der Waals surface area (Å²) in [4.78, 5) is 67.4. The predicted octanol–water partition coefficient (Wildman–Crippen LogP) is 2.21. The molecule has 4 N–H and O–H groups in total. The van der Waals surface area contributed by atoms with Gasteiger partial charge in [-0.3, -0.25) is 24.0 Å². The van der Waals surface area contributed by atoms with Gasteiger partial charge < -0.3 is 20.8 Å². The first kappa shape index (κ1) is 27.0. The molecule has 3 aliphatic carbocycles. The van der Waals surface area contributed by atoms with Gasteiger partial charge in [0.25, 0.3) is 0 Å². The van der Waals surface area contributed by atoms with E-state index in [4.69, 9.17) is 5.73 Å². The molecule has 9 heteroatoms. The molecule has 0 radical (unpaired) electrons. The van der Waals surface area contributed by atoms with Gasteiger partial charge in [-0.15, -0.1) is 0 Å². The highest BCUT2D eigenvalue weighted by Crippen LogP contribution is 2.51. The van der Waals surface area contributed by atoms with Crippen LogP contribution >= 0.6 is 0 Å². The molecule has 3 aliphatic rings. The van der Waals surface area contributed by atoms with Gasteiger partial charge in [0.05, 0.1) is 11.5 Å². The summed E-state index contributed by atoms with van der Waals surface area (Å²) in [6.07, 6.45) is -0.0847. The van der Waals surface area contributed by atoms with E-state index < -0.39 is 58.3 Å². The van der Waals surface area contributed by atoms with Crippen LogP contribution in [0.4, 0.5) is 0 Å². The molecular weight excluding hydrogens is 524 g/mol. The van der Waals surface area contributed by atoms with Crippen LogP contribution < -0.4 is 5.73 Å². The Bertz CT molecular complexity index is 1690. The first-order chi connectivity index (χ1) is 19.4. The monoisotopic (exact) mass is 554 g/mol. The highest BCUT2D eigenvalue weighted by Gasteiger charge is 2.66. The van der Waals surface area contributed by atoms with Crippen LogP contribution in [0.3, 0.4) is 0 Å². The van der Waals surface area contributed by atoms with Crippen molar-refractivity contribution in [3.8, 4) is 16.9 Å². The number of carbonyl (C=O) groups is 5. The third kappa shape index (κ3) is 3.87. The quantitative estimate of drug-likeness (QED) is 0.415. The molecular formula is C32H30N2O7. The summed E-state index contributed by atoms with van der Waals surface area (Å²) in [5, 5.41) is 24.3. The van der Waals surface area contributed by atoms with Crippen LogP contribution in [0, 0.1) is 23.7 Å². The first-order valence-electron chi connectivity index (χ1n) is 13.6. The lowest BCUT2D eigenvalue weighted by atomic mass is 9.53. The van der Waals surface area contributed by atoms with E-state index >= 15 is 0 Å². The van der Waals surface area contributed by atoms with Crippen molar-refractivity contribution in [1.82, 2.24) is 4.90 Å². The molecule has 0 spiro atoms. The standard InChI is InChI=1S/C32H30N2O7/c1-34(2)14-15-7-8-20(19-6-4-3-5-18(15)19)21-9-10-23(35)26-22(21)12-16-11-17-13-24(36)27(31(33)40)30(39)32(17,41)29(38)25(16)28(26)37/h3-10,16-17,25,27,35,41H,11-14H2,1-2H3,(H2,33,40)/t16-,17+,25?,27?,32+/m1/s1. The number of benzene rings is 3. The van der Waals surface area contributed by atoms with E-state index in [1.54, 1.807) is 6.07 Å². The summed E-state index contributed by atoms with van der Waals surface area (Å²) in [5.74, 6) is -10.2. The van der Waals surface area contributed by atoms with E-state index in [0.29, 0.717) is 5.56 Å². The Balaban J connectivity index is 1.48. The average molecular weight is 555 g/mol. The van der Waals surface area contributed by atoms with Crippen molar-refractivity contribution in [3.05, 3.63) is 65.2 Å². The second-order valence-corrected chi connectivity index (χ2v) is 11.8. The summed E-state index contributed by atoms with van der Waals surface area (Å²) >= 11 is 0. The molecule has 1 amide bonds. The molecule has 0 aromatic heterocycles. The molecule has 3 aromatic carbocycles. The van der Waals surface area contributed by atoms with Gasteiger partial charge in [0.1, 0.15) is 5.75 Å². The fraction of sp³-hybridized carbons (Fsp3) is 0.344. The van der Waals surface area contributed by atoms with E-state index in [-0.39, 0.29) is 30.6 Å². The molecule has 0 saturated heterocycles. The zero-order chi connectivity index (χ0) is 29.4. The maximum absolute atomic E-state index is 13.9. The molecule has 41 heavy (non-hydrogen) atoms. The summed E-state index contributed by atoms with van der Waals surface area (Å²) in [6, 6.07) is 15.2. The minimum absolute atomic E-state index is 0.00798. The largest absolute Gasteiger partial charge is 0.507 e. The smallest absolute Gasteiger partial charge is 0.235 e. The summed E-state index contributed by atoms with van der Waals surface area (Å²) in [5.41, 5.74) is 5.93. The summed E-state index contributed by atoms with van der Waals surface area (Å²) in [7, 11) is 3.99. The number of nitrogens with zero attached hydrogens (tertiary/aromatic N) is 1. The van der Waals surface area contributed by atoms with Crippen molar-refractivity contribution in [3.63, 3.8) is 0 Å². The minimum Gasteiger partial charge on any atom is -0.507 e. The van der Waals surface area contributed by atoms with Gasteiger partial charge in [0.15, 0.2) is 34.7 Å². The number of primary amides is 1. The van der Waals surface area contributed by atoms with E-state index in [1.807, 2.05) is 50.5 Å². The molecule has 3 aromatic rings. The van der Waals surface area contributed by atoms with Crippen LogP contribution in [-0.2, 0) is 32.1 Å². The highest BCUT2D eigenvalue weighted by molar-refractivity contribution is 6.31. The van der Waals surface area contributed by atoms with E-state index in [1.165, 1.54) is 6.07 Å². The highest BCUT2D eigenvalue weighted by atomic mass is 16.3. The summed E-state index contributed by atoms with van der Waals surface area (Å²) < 4.78 is 0. The number of ketones is 4. The van der Waals surface area contributed by atoms with Crippen molar-refractivity contribution in [1.29, 1.82) is 0 Å². The van der Waals surface area contributed by atoms with Gasteiger partial charge in [0.2, 0.25) is 5.91 Å². The molecule has 2 fully saturated rings. The second kappa shape index (κ2) is 9.43. The number of carbonyl (C=O) groups excluding carboxylic acids is 5. The third-order valence-electron chi connectivity index (χ3n) is 9.08. The van der Waals surface area contributed by atoms with Crippen molar-refractivity contribution in [2.75, 3.05) is 14.1 Å². The van der Waals surface area contributed by atoms with Gasteiger partial charge in [-0.05, 0) is 71.9 Å². The average Bonchev–Trinajstić information content (AvgIpc) is 2.91. The number of nitrogens with two attached hydrogens (primary N) is 1. The lowest BCUT2D eigenvalue weighted by molar-refractivity contribution is -0.175. The zero-order valence-corrected chi connectivity index (χ0v) is 22.7. The molecule has 210 valence electrons. The van der Waals surface area contributed by atoms with Crippen LogP contribution in [0.2, 0.25) is 0 Å². The van der Waals surface area contributed by atoms with Gasteiger partial charge in [-0.25, -0.2) is 0 Å². The Morgan fingerprint density at radius 3 is 2.32 bits per heavy atom. The van der Waals surface area contributed by atoms with Gasteiger partial charge in [-0.2, -0.15) is 0 Å². The van der Waals surface area contributed by atoms with Crippen molar-refractivity contribution in [2.24, 2.45) is 29.4 Å². The Morgan fingerprint density at radius 2 is 1.63 bits per heavy atom. The summed E-state index contributed by atoms with van der Waals surface area (Å²) in [6.45, 7) is 0.733. The van der Waals surface area contributed by atoms with E-state index in [2.05, 4.69) is 4.90 Å². The van der Waals surface area contributed by atoms with Gasteiger partial charge in [-0.1, -0.05) is 42.5 Å². The molecule has 6 rings (SSSR count). The lowest BCUT2D eigenvalue weighted by Gasteiger charge is -2.48. The van der Waals surface area contributed by atoms with E-state index in [9.17, 15) is 34.2 Å². The van der Waals surface area contributed by atoms with Crippen LogP contribution in [0.25, 0.3) is 21.9 Å². The molecule has 2 unspecified atom stereocenters. The molecule has 2 saturated carbocycles. The number of fused-ring (bicyclic) bond motifs is 4. The Labute approximate surface area is 235 Å². The maximum Gasteiger partial charge on any atom is 0.235 e. The molecule has 9 nitrogen and oxygen atoms in total. The number of rotatable bonds is 4. The van der Waals surface area contributed by atoms with Crippen LogP contribution in [0.15, 0.2) is 48.5 Å². The number of phenols is 1. The normalized spacial score (nSPS) is 27.5. The van der Waals surface area contributed by atoms with E-state index in [0.717, 1.165) is 34.0 Å². The second-order valence-electron chi connectivity index (χ2n) is 11.8. The van der Waals surface area contributed by atoms with Crippen LogP contribution in [0.5, 0.6) is 5.75 Å². The molecule has 0 aliphatic heterocycles. The fourth-order valence-electron chi connectivity index (χ4n) is 7.29. The number of aromatic hydroxyl groups is 1. The number of amides is 1. The fourth-order valence-corrected chi connectivity index (χ4v) is 7.29. The van der Waals surface area contributed by atoms with Crippen LogP contribution in [0.1, 0.15) is 34.3 Å². The minimum atomic E-state index is -2.66. The maximum atomic E-state index is 13.9. The number of hydrogen-bond donors (Lipinski definition) is 3. The van der Waals surface area contributed by atoms with Crippen LogP contribution in [-0.4, -0.2) is 63.8 Å². The Kier molecular flexibility index (Phi) is 6.20. The zero-order valence-electron chi connectivity index (χ0n) is 22.7.